The molecular formula is C21H20. The minimum Gasteiger partial charge on any atom is -0.0667 e. The van der Waals surface area contributed by atoms with E-state index in [9.17, 15) is 0 Å². The molecule has 1 aliphatic rings. The van der Waals surface area contributed by atoms with E-state index in [2.05, 4.69) is 61.5 Å². The van der Waals surface area contributed by atoms with Crippen LogP contribution in [0.15, 0.2) is 60.2 Å². The first-order valence-corrected chi connectivity index (χ1v) is 7.93. The van der Waals surface area contributed by atoms with Gasteiger partial charge in [0.2, 0.25) is 0 Å². The second-order valence-corrected chi connectivity index (χ2v) is 6.20. The first-order valence-electron chi connectivity index (χ1n) is 7.93. The van der Waals surface area contributed by atoms with Gasteiger partial charge in [-0.15, -0.1) is 0 Å². The molecule has 0 nitrogen and oxygen atoms in total. The molecule has 0 aromatic heterocycles. The summed E-state index contributed by atoms with van der Waals surface area (Å²) >= 11 is 0. The summed E-state index contributed by atoms with van der Waals surface area (Å²) < 4.78 is 0. The molecule has 1 fully saturated rings. The zero-order chi connectivity index (χ0) is 14.2. The molecule has 21 heavy (non-hydrogen) atoms. The van der Waals surface area contributed by atoms with Gasteiger partial charge in [-0.1, -0.05) is 42.0 Å². The first kappa shape index (κ1) is 12.6. The van der Waals surface area contributed by atoms with Crippen LogP contribution in [0.4, 0.5) is 0 Å². The topological polar surface area (TPSA) is 0 Å². The van der Waals surface area contributed by atoms with Crippen molar-refractivity contribution in [1.82, 2.24) is 0 Å². The van der Waals surface area contributed by atoms with E-state index in [1.807, 2.05) is 0 Å². The smallest absolute Gasteiger partial charge is 0.0172 e. The zero-order valence-electron chi connectivity index (χ0n) is 12.5. The minimum atomic E-state index is 1.29. The van der Waals surface area contributed by atoms with Gasteiger partial charge >= 0.3 is 0 Å². The highest BCUT2D eigenvalue weighted by Gasteiger charge is 2.11. The Bertz CT molecular complexity index is 844. The highest BCUT2D eigenvalue weighted by atomic mass is 14.2. The minimum absolute atomic E-state index is 1.29. The van der Waals surface area contributed by atoms with Crippen LogP contribution in [-0.2, 0) is 0 Å². The van der Waals surface area contributed by atoms with Gasteiger partial charge < -0.3 is 0 Å². The summed E-state index contributed by atoms with van der Waals surface area (Å²) in [4.78, 5) is 0. The van der Waals surface area contributed by atoms with Crippen LogP contribution < -0.4 is 0 Å². The molecule has 4 rings (SSSR count). The Balaban J connectivity index is 1.89. The summed E-state index contributed by atoms with van der Waals surface area (Å²) in [6.45, 7) is 2.29. The normalized spacial score (nSPS) is 15.0. The Hall–Kier alpha value is -2.08. The molecule has 0 heteroatoms. The third kappa shape index (κ3) is 2.25. The molecule has 0 aliphatic heterocycles. The lowest BCUT2D eigenvalue weighted by molar-refractivity contribution is 0.886. The molecule has 0 radical (unpaired) electrons. The lowest BCUT2D eigenvalue weighted by Gasteiger charge is -2.09. The molecule has 0 bridgehead atoms. The van der Waals surface area contributed by atoms with Crippen LogP contribution in [-0.4, -0.2) is 0 Å². The summed E-state index contributed by atoms with van der Waals surface area (Å²) in [5, 5.41) is 5.34. The summed E-state index contributed by atoms with van der Waals surface area (Å²) in [7, 11) is 0. The highest BCUT2D eigenvalue weighted by Crippen LogP contribution is 2.33. The van der Waals surface area contributed by atoms with Crippen LogP contribution in [0.25, 0.3) is 27.1 Å². The molecule has 104 valence electrons. The molecule has 0 amide bonds. The fraction of sp³-hybridized carbons (Fsp3) is 0.238. The Morgan fingerprint density at radius 2 is 1.33 bits per heavy atom. The van der Waals surface area contributed by atoms with E-state index in [0.29, 0.717) is 0 Å². The number of benzene rings is 3. The number of rotatable bonds is 1. The van der Waals surface area contributed by atoms with Gasteiger partial charge in [-0.25, -0.2) is 0 Å². The molecule has 3 aromatic carbocycles. The second kappa shape index (κ2) is 5.04. The predicted octanol–water partition coefficient (Wildman–Crippen LogP) is 6.34. The van der Waals surface area contributed by atoms with Crippen molar-refractivity contribution in [2.45, 2.75) is 32.6 Å². The van der Waals surface area contributed by atoms with Gasteiger partial charge in [0.1, 0.15) is 0 Å². The number of hydrogen-bond acceptors (Lipinski definition) is 0. The highest BCUT2D eigenvalue weighted by molar-refractivity contribution is 5.99. The van der Waals surface area contributed by atoms with Crippen LogP contribution in [0.5, 0.6) is 0 Å². The average Bonchev–Trinajstić information content (AvgIpc) is 3.06. The quantitative estimate of drug-likeness (QED) is 0.453. The van der Waals surface area contributed by atoms with Crippen molar-refractivity contribution in [3.05, 3.63) is 65.7 Å². The van der Waals surface area contributed by atoms with E-state index in [4.69, 9.17) is 0 Å². The summed E-state index contributed by atoms with van der Waals surface area (Å²) in [6, 6.07) is 20.2. The van der Waals surface area contributed by atoms with E-state index in [0.717, 1.165) is 0 Å². The molecule has 0 heterocycles. The van der Waals surface area contributed by atoms with Crippen molar-refractivity contribution in [1.29, 1.82) is 0 Å². The molecule has 0 spiro atoms. The lowest BCUT2D eigenvalue weighted by Crippen LogP contribution is -1.86. The van der Waals surface area contributed by atoms with Crippen molar-refractivity contribution in [2.24, 2.45) is 0 Å². The summed E-state index contributed by atoms with van der Waals surface area (Å²) in [5.41, 5.74) is 4.56. The number of fused-ring (bicyclic) bond motifs is 2. The van der Waals surface area contributed by atoms with Gasteiger partial charge in [0.25, 0.3) is 0 Å². The van der Waals surface area contributed by atoms with E-state index in [1.54, 1.807) is 5.57 Å². The van der Waals surface area contributed by atoms with Gasteiger partial charge in [-0.05, 0) is 83.5 Å². The number of allylic oxidation sites excluding steroid dienone is 2. The van der Waals surface area contributed by atoms with Crippen molar-refractivity contribution in [3.63, 3.8) is 0 Å². The Morgan fingerprint density at radius 1 is 0.714 bits per heavy atom. The van der Waals surface area contributed by atoms with Crippen LogP contribution in [0.3, 0.4) is 0 Å². The largest absolute Gasteiger partial charge is 0.0667 e. The van der Waals surface area contributed by atoms with Crippen molar-refractivity contribution >= 4 is 27.1 Å². The van der Waals surface area contributed by atoms with Gasteiger partial charge in [0.15, 0.2) is 0 Å². The third-order valence-electron chi connectivity index (χ3n) is 4.88. The monoisotopic (exact) mass is 272 g/mol. The van der Waals surface area contributed by atoms with E-state index in [1.165, 1.54) is 58.4 Å². The fourth-order valence-corrected chi connectivity index (χ4v) is 3.55. The maximum atomic E-state index is 2.36. The molecule has 3 aromatic rings. The van der Waals surface area contributed by atoms with Crippen molar-refractivity contribution in [2.75, 3.05) is 0 Å². The van der Waals surface area contributed by atoms with Gasteiger partial charge in [-0.3, -0.25) is 0 Å². The third-order valence-corrected chi connectivity index (χ3v) is 4.88. The molecular weight excluding hydrogens is 252 g/mol. The molecule has 1 saturated carbocycles. The molecule has 1 aliphatic carbocycles. The maximum absolute atomic E-state index is 2.36. The van der Waals surface area contributed by atoms with E-state index < -0.39 is 0 Å². The van der Waals surface area contributed by atoms with E-state index in [-0.39, 0.29) is 0 Å². The molecule has 0 unspecified atom stereocenters. The van der Waals surface area contributed by atoms with E-state index >= 15 is 0 Å². The van der Waals surface area contributed by atoms with Crippen molar-refractivity contribution < 1.29 is 0 Å². The SMILES string of the molecule is CC(=C1CCCC1)c1ccc2cc3ccccc3cc2c1. The lowest BCUT2D eigenvalue weighted by atomic mass is 9.96. The Labute approximate surface area is 126 Å². The second-order valence-electron chi connectivity index (χ2n) is 6.20. The van der Waals surface area contributed by atoms with Crippen LogP contribution in [0.1, 0.15) is 38.2 Å². The van der Waals surface area contributed by atoms with Gasteiger partial charge in [0, 0.05) is 0 Å². The summed E-state index contributed by atoms with van der Waals surface area (Å²) in [5.74, 6) is 0. The molecule has 0 atom stereocenters. The predicted molar refractivity (Wildman–Crippen MR) is 92.5 cm³/mol. The fourth-order valence-electron chi connectivity index (χ4n) is 3.55. The standard InChI is InChI=1S/C21H20/c1-15(16-6-2-3-7-16)17-10-11-20-13-18-8-4-5-9-19(18)14-21(20)12-17/h4-5,8-14H,2-3,6-7H2,1H3. The Morgan fingerprint density at radius 3 is 2.05 bits per heavy atom. The number of hydrogen-bond donors (Lipinski definition) is 0. The maximum Gasteiger partial charge on any atom is -0.0172 e. The van der Waals surface area contributed by atoms with Gasteiger partial charge in [-0.2, -0.15) is 0 Å². The first-order chi connectivity index (χ1) is 10.3. The van der Waals surface area contributed by atoms with Crippen LogP contribution >= 0.6 is 0 Å². The van der Waals surface area contributed by atoms with Crippen LogP contribution in [0, 0.1) is 0 Å². The van der Waals surface area contributed by atoms with Gasteiger partial charge in [0.05, 0.1) is 0 Å². The Kier molecular flexibility index (Phi) is 3.03. The van der Waals surface area contributed by atoms with Crippen molar-refractivity contribution in [3.8, 4) is 0 Å². The average molecular weight is 272 g/mol. The zero-order valence-corrected chi connectivity index (χ0v) is 12.5. The summed E-state index contributed by atoms with van der Waals surface area (Å²) in [6.07, 6.45) is 5.32. The molecule has 0 saturated heterocycles. The van der Waals surface area contributed by atoms with Crippen LogP contribution in [0.2, 0.25) is 0 Å². The molecule has 0 N–H and O–H groups in total.